The maximum absolute atomic E-state index is 13.0. The molecule has 1 aromatic carbocycles. The number of hydrogen-bond donors (Lipinski definition) is 1. The van der Waals surface area contributed by atoms with Crippen LogP contribution in [0.3, 0.4) is 0 Å². The smallest absolute Gasteiger partial charge is 0.247 e. The van der Waals surface area contributed by atoms with Gasteiger partial charge in [-0.2, -0.15) is 4.31 Å². The fourth-order valence-electron chi connectivity index (χ4n) is 2.77. The fraction of sp³-hybridized carbons (Fsp3) is 0.571. The molecule has 2 N–H and O–H groups in total. The van der Waals surface area contributed by atoms with E-state index in [2.05, 4.69) is 15.9 Å². The molecule has 0 amide bonds. The normalized spacial score (nSPS) is 20.1. The lowest BCUT2D eigenvalue weighted by Crippen LogP contribution is -2.38. The highest BCUT2D eigenvalue weighted by Crippen LogP contribution is 2.37. The second-order valence-electron chi connectivity index (χ2n) is 5.59. The van der Waals surface area contributed by atoms with Crippen molar-refractivity contribution in [2.45, 2.75) is 37.6 Å². The lowest BCUT2D eigenvalue weighted by molar-refractivity contribution is 0.313. The highest BCUT2D eigenvalue weighted by Gasteiger charge is 2.38. The average Bonchev–Trinajstić information content (AvgIpc) is 2.91. The van der Waals surface area contributed by atoms with Gasteiger partial charge in [-0.15, -0.1) is 0 Å². The first-order valence-electron chi connectivity index (χ1n) is 6.94. The molecule has 0 radical (unpaired) electrons. The second kappa shape index (κ2) is 6.14. The first-order valence-corrected chi connectivity index (χ1v) is 9.17. The van der Waals surface area contributed by atoms with Crippen molar-refractivity contribution in [1.29, 1.82) is 0 Å². The molecule has 1 aliphatic heterocycles. The maximum atomic E-state index is 13.0. The van der Waals surface area contributed by atoms with E-state index in [4.69, 9.17) is 10.5 Å². The molecule has 1 aliphatic rings. The maximum Gasteiger partial charge on any atom is 0.247 e. The van der Waals surface area contributed by atoms with E-state index in [9.17, 15) is 8.42 Å². The molecule has 5 nitrogen and oxygen atoms in total. The van der Waals surface area contributed by atoms with Gasteiger partial charge in [0.1, 0.15) is 10.6 Å². The van der Waals surface area contributed by atoms with E-state index in [-0.39, 0.29) is 16.9 Å². The number of nitrogen functional groups attached to an aromatic ring is 1. The SMILES string of the molecule is COc1cc(Br)c(N)cc1S(=O)(=O)N1CCCC1C(C)C. The Morgan fingerprint density at radius 2 is 2.10 bits per heavy atom. The summed E-state index contributed by atoms with van der Waals surface area (Å²) in [6.07, 6.45) is 1.78. The van der Waals surface area contributed by atoms with Crippen molar-refractivity contribution < 1.29 is 13.2 Å². The van der Waals surface area contributed by atoms with Gasteiger partial charge in [0.25, 0.3) is 0 Å². The Hall–Kier alpha value is -0.790. The third-order valence-electron chi connectivity index (χ3n) is 3.89. The molecule has 1 aromatic rings. The van der Waals surface area contributed by atoms with Gasteiger partial charge in [-0.3, -0.25) is 0 Å². The number of rotatable bonds is 4. The lowest BCUT2D eigenvalue weighted by atomic mass is 10.0. The van der Waals surface area contributed by atoms with Crippen molar-refractivity contribution in [3.63, 3.8) is 0 Å². The summed E-state index contributed by atoms with van der Waals surface area (Å²) in [5, 5.41) is 0. The first-order chi connectivity index (χ1) is 9.78. The van der Waals surface area contributed by atoms with Gasteiger partial charge in [0.05, 0.1) is 7.11 Å². The number of nitrogens with two attached hydrogens (primary N) is 1. The minimum Gasteiger partial charge on any atom is -0.495 e. The van der Waals surface area contributed by atoms with Gasteiger partial charge in [0.2, 0.25) is 10.0 Å². The standard InChI is InChI=1S/C14H21BrN2O3S/c1-9(2)12-5-4-6-17(12)21(18,19)14-8-11(16)10(15)7-13(14)20-3/h7-9,12H,4-6,16H2,1-3H3. The van der Waals surface area contributed by atoms with Gasteiger partial charge >= 0.3 is 0 Å². The molecule has 118 valence electrons. The molecular formula is C14H21BrN2O3S. The van der Waals surface area contributed by atoms with Crippen molar-refractivity contribution in [1.82, 2.24) is 4.31 Å². The summed E-state index contributed by atoms with van der Waals surface area (Å²) >= 11 is 3.29. The van der Waals surface area contributed by atoms with Gasteiger partial charge < -0.3 is 10.5 Å². The summed E-state index contributed by atoms with van der Waals surface area (Å²) in [6, 6.07) is 3.10. The summed E-state index contributed by atoms with van der Waals surface area (Å²) < 4.78 is 33.4. The minimum atomic E-state index is -3.61. The number of nitrogens with zero attached hydrogens (tertiary/aromatic N) is 1. The Labute approximate surface area is 134 Å². The van der Waals surface area contributed by atoms with Crippen LogP contribution in [0.1, 0.15) is 26.7 Å². The quantitative estimate of drug-likeness (QED) is 0.819. The van der Waals surface area contributed by atoms with Crippen molar-refractivity contribution in [2.24, 2.45) is 5.92 Å². The highest BCUT2D eigenvalue weighted by molar-refractivity contribution is 9.10. The van der Waals surface area contributed by atoms with Crippen molar-refractivity contribution in [2.75, 3.05) is 19.4 Å². The predicted octanol–water partition coefficient (Wildman–Crippen LogP) is 2.85. The number of sulfonamides is 1. The van der Waals surface area contributed by atoms with Crippen LogP contribution in [0.4, 0.5) is 5.69 Å². The zero-order valence-corrected chi connectivity index (χ0v) is 14.9. The van der Waals surface area contributed by atoms with Gasteiger partial charge in [-0.1, -0.05) is 13.8 Å². The molecule has 7 heteroatoms. The molecule has 1 heterocycles. The van der Waals surface area contributed by atoms with Crippen LogP contribution >= 0.6 is 15.9 Å². The van der Waals surface area contributed by atoms with E-state index in [1.807, 2.05) is 13.8 Å². The van der Waals surface area contributed by atoms with Gasteiger partial charge in [-0.05, 0) is 46.8 Å². The monoisotopic (exact) mass is 376 g/mol. The van der Waals surface area contributed by atoms with Crippen LogP contribution in [0.15, 0.2) is 21.5 Å². The van der Waals surface area contributed by atoms with Crippen LogP contribution in [-0.2, 0) is 10.0 Å². The molecule has 1 unspecified atom stereocenters. The molecule has 1 atom stereocenters. The molecule has 2 rings (SSSR count). The third-order valence-corrected chi connectivity index (χ3v) is 6.52. The summed E-state index contributed by atoms with van der Waals surface area (Å²) in [6.45, 7) is 4.64. The van der Waals surface area contributed by atoms with Gasteiger partial charge in [0.15, 0.2) is 0 Å². The molecule has 0 spiro atoms. The number of methoxy groups -OCH3 is 1. The summed E-state index contributed by atoms with van der Waals surface area (Å²) in [5.74, 6) is 0.589. The van der Waals surface area contributed by atoms with Crippen LogP contribution in [-0.4, -0.2) is 32.4 Å². The van der Waals surface area contributed by atoms with Crippen LogP contribution in [0, 0.1) is 5.92 Å². The van der Waals surface area contributed by atoms with Crippen molar-refractivity contribution in [3.05, 3.63) is 16.6 Å². The van der Waals surface area contributed by atoms with E-state index < -0.39 is 10.0 Å². The molecule has 1 fully saturated rings. The topological polar surface area (TPSA) is 72.6 Å². The number of anilines is 1. The molecule has 0 aliphatic carbocycles. The predicted molar refractivity (Wildman–Crippen MR) is 86.9 cm³/mol. The first kappa shape index (κ1) is 16.6. The van der Waals surface area contributed by atoms with Crippen LogP contribution in [0.25, 0.3) is 0 Å². The Morgan fingerprint density at radius 1 is 1.43 bits per heavy atom. The summed E-state index contributed by atoms with van der Waals surface area (Å²) in [5.41, 5.74) is 6.23. The van der Waals surface area contributed by atoms with Crippen LogP contribution in [0.2, 0.25) is 0 Å². The Bertz CT molecular complexity index is 631. The van der Waals surface area contributed by atoms with E-state index >= 15 is 0 Å². The van der Waals surface area contributed by atoms with Crippen LogP contribution in [0.5, 0.6) is 5.75 Å². The van der Waals surface area contributed by atoms with Crippen molar-refractivity contribution >= 4 is 31.6 Å². The average molecular weight is 377 g/mol. The minimum absolute atomic E-state index is 0.0320. The highest BCUT2D eigenvalue weighted by atomic mass is 79.9. The Balaban J connectivity index is 2.51. The Kier molecular flexibility index (Phi) is 4.85. The Morgan fingerprint density at radius 3 is 2.67 bits per heavy atom. The van der Waals surface area contributed by atoms with E-state index in [0.717, 1.165) is 12.8 Å². The van der Waals surface area contributed by atoms with Crippen molar-refractivity contribution in [3.8, 4) is 5.75 Å². The van der Waals surface area contributed by atoms with Crippen LogP contribution < -0.4 is 10.5 Å². The number of benzene rings is 1. The lowest BCUT2D eigenvalue weighted by Gasteiger charge is -2.27. The molecule has 0 bridgehead atoms. The molecule has 1 saturated heterocycles. The van der Waals surface area contributed by atoms with Gasteiger partial charge in [0, 0.05) is 22.7 Å². The number of halogens is 1. The zero-order chi connectivity index (χ0) is 15.8. The molecule has 0 saturated carbocycles. The zero-order valence-electron chi connectivity index (χ0n) is 12.5. The van der Waals surface area contributed by atoms with Gasteiger partial charge in [-0.25, -0.2) is 8.42 Å². The molecule has 0 aromatic heterocycles. The van der Waals surface area contributed by atoms with E-state index in [0.29, 0.717) is 22.5 Å². The molecule has 21 heavy (non-hydrogen) atoms. The summed E-state index contributed by atoms with van der Waals surface area (Å²) in [4.78, 5) is 0.137. The van der Waals surface area contributed by atoms with E-state index in [1.165, 1.54) is 13.2 Å². The van der Waals surface area contributed by atoms with E-state index in [1.54, 1.807) is 10.4 Å². The largest absolute Gasteiger partial charge is 0.495 e. The number of ether oxygens (including phenoxy) is 1. The number of hydrogen-bond acceptors (Lipinski definition) is 4. The molecular weight excluding hydrogens is 356 g/mol. The fourth-order valence-corrected chi connectivity index (χ4v) is 5.09. The third kappa shape index (κ3) is 3.05. The second-order valence-corrected chi connectivity index (χ2v) is 8.31. The summed E-state index contributed by atoms with van der Waals surface area (Å²) in [7, 11) is -2.15.